The number of hydrogen-bond acceptors (Lipinski definition) is 2. The molecule has 0 bridgehead atoms. The predicted molar refractivity (Wildman–Crippen MR) is 126 cm³/mol. The van der Waals surface area contributed by atoms with Crippen molar-refractivity contribution in [2.45, 2.75) is 13.8 Å². The van der Waals surface area contributed by atoms with E-state index >= 15 is 0 Å². The van der Waals surface area contributed by atoms with Crippen LogP contribution in [0.1, 0.15) is 13.8 Å². The normalized spacial score (nSPS) is 9.67. The van der Waals surface area contributed by atoms with Gasteiger partial charge in [0, 0.05) is 13.8 Å². The van der Waals surface area contributed by atoms with Crippen molar-refractivity contribution in [2.24, 2.45) is 0 Å². The fourth-order valence-electron chi connectivity index (χ4n) is 2.29. The molecule has 0 fully saturated rings. The van der Waals surface area contributed by atoms with E-state index in [9.17, 15) is 0 Å². The van der Waals surface area contributed by atoms with Gasteiger partial charge in [-0.1, -0.05) is 0 Å². The van der Waals surface area contributed by atoms with Gasteiger partial charge < -0.3 is 10.2 Å². The molecule has 0 aliphatic carbocycles. The topological polar surface area (TPSA) is 74.6 Å². The van der Waals surface area contributed by atoms with Gasteiger partial charge in [-0.25, -0.2) is 0 Å². The zero-order chi connectivity index (χ0) is 22.7. The van der Waals surface area contributed by atoms with E-state index in [2.05, 4.69) is 36.4 Å². The molecule has 30 heavy (non-hydrogen) atoms. The molecule has 0 radical (unpaired) electrons. The van der Waals surface area contributed by atoms with Crippen LogP contribution in [0.3, 0.4) is 0 Å². The standard InChI is InChI=1S/3C6H4Cl.2C2H4O2.Bi/c3*7-6-4-2-1-3-5-6;2*1-2(3)4;/h3*1-2,4-5H;2*1H3,(H,3,4);. The maximum atomic E-state index is 9.00. The molecule has 3 rings (SSSR count). The summed E-state index contributed by atoms with van der Waals surface area (Å²) in [5.74, 6) is -1.67. The first-order valence-corrected chi connectivity index (χ1v) is 14.9. The number of halogens is 3. The Morgan fingerprint density at radius 1 is 0.633 bits per heavy atom. The average Bonchev–Trinajstić information content (AvgIpc) is 2.61. The molecule has 0 atom stereocenters. The first-order valence-electron chi connectivity index (χ1n) is 8.56. The van der Waals surface area contributed by atoms with Gasteiger partial charge in [-0.2, -0.15) is 0 Å². The van der Waals surface area contributed by atoms with Gasteiger partial charge in [-0.05, 0) is 0 Å². The molecule has 158 valence electrons. The van der Waals surface area contributed by atoms with Crippen molar-refractivity contribution >= 4 is 78.3 Å². The molecule has 0 aromatic heterocycles. The average molecular weight is 664 g/mol. The first-order chi connectivity index (χ1) is 14.1. The molecule has 3 aromatic carbocycles. The summed E-state index contributed by atoms with van der Waals surface area (Å²) < 4.78 is 3.94. The van der Waals surface area contributed by atoms with Crippen molar-refractivity contribution in [1.29, 1.82) is 0 Å². The molecule has 0 unspecified atom stereocenters. The molecule has 0 spiro atoms. The van der Waals surface area contributed by atoms with Crippen molar-refractivity contribution in [2.75, 3.05) is 0 Å². The summed E-state index contributed by atoms with van der Waals surface area (Å²) in [6.07, 6.45) is 0. The van der Waals surface area contributed by atoms with Gasteiger partial charge >= 0.3 is 154 Å². The molecule has 0 aliphatic rings. The Morgan fingerprint density at radius 3 is 1.07 bits per heavy atom. The fourth-order valence-corrected chi connectivity index (χ4v) is 13.1. The fraction of sp³-hybridized carbons (Fsp3) is 0.0909. The molecular weight excluding hydrogens is 644 g/mol. The van der Waals surface area contributed by atoms with Gasteiger partial charge in [-0.3, -0.25) is 9.59 Å². The molecule has 0 saturated heterocycles. The Morgan fingerprint density at radius 2 is 0.867 bits per heavy atom. The Balaban J connectivity index is 0.000000485. The summed E-state index contributed by atoms with van der Waals surface area (Å²) in [5.41, 5.74) is 0. The number of hydrogen-bond donors (Lipinski definition) is 2. The Hall–Kier alpha value is -1.65. The maximum absolute atomic E-state index is 9.00. The van der Waals surface area contributed by atoms with Crippen LogP contribution in [0.2, 0.25) is 15.1 Å². The summed E-state index contributed by atoms with van der Waals surface area (Å²) in [5, 5.41) is 17.1. The first kappa shape index (κ1) is 26.4. The number of benzene rings is 3. The summed E-state index contributed by atoms with van der Waals surface area (Å²) in [6.45, 7) is 2.17. The number of aliphatic carboxylic acids is 2. The quantitative estimate of drug-likeness (QED) is 0.409. The predicted octanol–water partition coefficient (Wildman–Crippen LogP) is 4.34. The molecular formula is C22H20BiCl3O4. The number of rotatable bonds is 3. The van der Waals surface area contributed by atoms with Gasteiger partial charge in [0.25, 0.3) is 11.9 Å². The van der Waals surface area contributed by atoms with Gasteiger partial charge in [-0.15, -0.1) is 0 Å². The van der Waals surface area contributed by atoms with Crippen LogP contribution in [0.25, 0.3) is 0 Å². The third-order valence-corrected chi connectivity index (χ3v) is 13.2. The van der Waals surface area contributed by atoms with Gasteiger partial charge in [0.05, 0.1) is 0 Å². The van der Waals surface area contributed by atoms with E-state index in [0.717, 1.165) is 28.9 Å². The van der Waals surface area contributed by atoms with E-state index in [1.807, 2.05) is 36.4 Å². The zero-order valence-corrected chi connectivity index (χ0v) is 22.0. The van der Waals surface area contributed by atoms with E-state index in [1.54, 1.807) is 0 Å². The van der Waals surface area contributed by atoms with Crippen molar-refractivity contribution in [3.05, 3.63) is 87.9 Å². The van der Waals surface area contributed by atoms with Crippen LogP contribution in [0.15, 0.2) is 72.8 Å². The second kappa shape index (κ2) is 13.6. The second-order valence-electron chi connectivity index (χ2n) is 5.81. The van der Waals surface area contributed by atoms with E-state index in [0.29, 0.717) is 0 Å². The van der Waals surface area contributed by atoms with Crippen LogP contribution >= 0.6 is 34.8 Å². The Bertz CT molecular complexity index is 867. The molecule has 0 heterocycles. The van der Waals surface area contributed by atoms with Crippen molar-refractivity contribution in [1.82, 2.24) is 0 Å². The summed E-state index contributed by atoms with van der Waals surface area (Å²) >= 11 is 16.2. The molecule has 0 saturated carbocycles. The molecule has 0 amide bonds. The number of carbonyl (C=O) groups is 2. The van der Waals surface area contributed by atoms with E-state index in [-0.39, 0.29) is 0 Å². The minimum atomic E-state index is -2.43. The van der Waals surface area contributed by atoms with E-state index in [1.165, 1.54) is 9.81 Å². The van der Waals surface area contributed by atoms with Gasteiger partial charge in [0.2, 0.25) is 0 Å². The van der Waals surface area contributed by atoms with Crippen LogP contribution in [-0.4, -0.2) is 43.9 Å². The molecule has 0 aliphatic heterocycles. The molecule has 8 heteroatoms. The van der Waals surface area contributed by atoms with Crippen molar-refractivity contribution < 1.29 is 19.8 Å². The van der Waals surface area contributed by atoms with Crippen LogP contribution < -0.4 is 9.81 Å². The molecule has 3 aromatic rings. The Kier molecular flexibility index (Phi) is 12.0. The van der Waals surface area contributed by atoms with Crippen molar-refractivity contribution in [3.8, 4) is 0 Å². The summed E-state index contributed by atoms with van der Waals surface area (Å²) in [7, 11) is 0. The van der Waals surface area contributed by atoms with Crippen LogP contribution in [0.4, 0.5) is 0 Å². The summed E-state index contributed by atoms with van der Waals surface area (Å²) in [6, 6.07) is 24.4. The zero-order valence-electron chi connectivity index (χ0n) is 16.2. The summed E-state index contributed by atoms with van der Waals surface area (Å²) in [4.78, 5) is 18.0. The monoisotopic (exact) mass is 662 g/mol. The molecule has 2 N–H and O–H groups in total. The van der Waals surface area contributed by atoms with Crippen LogP contribution in [0, 0.1) is 0 Å². The van der Waals surface area contributed by atoms with Gasteiger partial charge in [0.15, 0.2) is 0 Å². The van der Waals surface area contributed by atoms with Crippen LogP contribution in [0.5, 0.6) is 0 Å². The number of carboxylic acids is 2. The van der Waals surface area contributed by atoms with Gasteiger partial charge in [0.1, 0.15) is 0 Å². The molecule has 4 nitrogen and oxygen atoms in total. The van der Waals surface area contributed by atoms with Crippen LogP contribution in [-0.2, 0) is 9.59 Å². The third-order valence-electron chi connectivity index (χ3n) is 3.20. The van der Waals surface area contributed by atoms with E-state index < -0.39 is 33.7 Å². The van der Waals surface area contributed by atoms with Crippen molar-refractivity contribution in [3.63, 3.8) is 0 Å². The minimum absolute atomic E-state index is 0.765. The second-order valence-corrected chi connectivity index (χ2v) is 15.8. The van der Waals surface area contributed by atoms with E-state index in [4.69, 9.17) is 54.6 Å². The Labute approximate surface area is 198 Å². The SMILES string of the molecule is CC(=O)O.CC(=O)O.Clc1ccc[c]([Bi]([c]2cccc(Cl)c2)[c]2cccc(Cl)c2)c1. The number of carboxylic acid groups (broad SMARTS) is 2. The third kappa shape index (κ3) is 10.4.